The molecule has 0 aromatic heterocycles. The minimum absolute atomic E-state index is 0.368. The molecule has 1 aliphatic carbocycles. The fraction of sp³-hybridized carbons (Fsp3) is 0.0909. The quantitative estimate of drug-likeness (QED) is 0.654. The molecule has 0 saturated heterocycles. The van der Waals surface area contributed by atoms with Crippen LogP contribution in [0.4, 0.5) is 0 Å². The van der Waals surface area contributed by atoms with Crippen molar-refractivity contribution in [2.75, 3.05) is 0 Å². The van der Waals surface area contributed by atoms with Gasteiger partial charge in [-0.2, -0.15) is 0 Å². The minimum atomic E-state index is -0.671. The third-order valence-corrected chi connectivity index (χ3v) is 6.87. The molecular weight excluding hydrogens is 311 g/mol. The second-order valence-corrected chi connectivity index (χ2v) is 8.12. The number of phenols is 1. The predicted molar refractivity (Wildman–Crippen MR) is 105 cm³/mol. The van der Waals surface area contributed by atoms with Gasteiger partial charge in [0, 0.05) is 5.39 Å². The molecule has 1 N–H and O–H groups in total. The molecule has 0 heterocycles. The standard InChI is InChI=1S/C22H19OP/c23-20-15-7-9-17-10-8-16-21(22(17)20)24(18-11-3-1-4-12-18)19-13-5-2-6-14-19/h1,3-5,7-16,23H,2,6H2. The lowest BCUT2D eigenvalue weighted by Gasteiger charge is -2.23. The monoisotopic (exact) mass is 330 g/mol. The molecule has 4 rings (SSSR count). The molecule has 3 aromatic rings. The van der Waals surface area contributed by atoms with Crippen molar-refractivity contribution in [3.05, 3.63) is 90.3 Å². The Morgan fingerprint density at radius 3 is 2.33 bits per heavy atom. The van der Waals surface area contributed by atoms with Gasteiger partial charge in [-0.1, -0.05) is 78.9 Å². The summed E-state index contributed by atoms with van der Waals surface area (Å²) in [7, 11) is -0.671. The largest absolute Gasteiger partial charge is 0.507 e. The Bertz CT molecular complexity index is 920. The molecule has 1 aliphatic rings. The average Bonchev–Trinajstić information content (AvgIpc) is 2.64. The number of phenolic OH excluding ortho intramolecular Hbond substituents is 1. The van der Waals surface area contributed by atoms with E-state index in [-0.39, 0.29) is 0 Å². The van der Waals surface area contributed by atoms with E-state index in [1.54, 1.807) is 6.07 Å². The molecule has 0 spiro atoms. The highest BCUT2D eigenvalue weighted by Crippen LogP contribution is 2.47. The van der Waals surface area contributed by atoms with Gasteiger partial charge in [0.25, 0.3) is 0 Å². The maximum Gasteiger partial charge on any atom is 0.124 e. The Hall–Kier alpha value is -2.37. The van der Waals surface area contributed by atoms with Crippen molar-refractivity contribution in [3.63, 3.8) is 0 Å². The number of rotatable bonds is 3. The summed E-state index contributed by atoms with van der Waals surface area (Å²) in [5, 5.41) is 16.5. The van der Waals surface area contributed by atoms with Crippen LogP contribution in [0.2, 0.25) is 0 Å². The number of hydrogen-bond donors (Lipinski definition) is 1. The Morgan fingerprint density at radius 1 is 0.792 bits per heavy atom. The molecule has 1 atom stereocenters. The zero-order valence-electron chi connectivity index (χ0n) is 13.4. The van der Waals surface area contributed by atoms with Crippen molar-refractivity contribution in [3.8, 4) is 5.75 Å². The van der Waals surface area contributed by atoms with Gasteiger partial charge in [0.2, 0.25) is 0 Å². The van der Waals surface area contributed by atoms with Gasteiger partial charge < -0.3 is 5.11 Å². The number of allylic oxidation sites excluding steroid dienone is 4. The summed E-state index contributed by atoms with van der Waals surface area (Å²) in [4.78, 5) is 0. The smallest absolute Gasteiger partial charge is 0.124 e. The van der Waals surface area contributed by atoms with Gasteiger partial charge in [-0.3, -0.25) is 0 Å². The molecule has 0 amide bonds. The van der Waals surface area contributed by atoms with E-state index in [9.17, 15) is 5.11 Å². The van der Waals surface area contributed by atoms with Crippen LogP contribution < -0.4 is 10.6 Å². The molecule has 0 aliphatic heterocycles. The predicted octanol–water partition coefficient (Wildman–Crippen LogP) is 5.21. The highest BCUT2D eigenvalue weighted by Gasteiger charge is 2.21. The lowest BCUT2D eigenvalue weighted by atomic mass is 10.1. The Balaban J connectivity index is 1.98. The molecule has 0 radical (unpaired) electrons. The van der Waals surface area contributed by atoms with Gasteiger partial charge in [-0.25, -0.2) is 0 Å². The molecule has 3 aromatic carbocycles. The van der Waals surface area contributed by atoms with E-state index in [4.69, 9.17) is 0 Å². The van der Waals surface area contributed by atoms with Gasteiger partial charge in [0.1, 0.15) is 5.75 Å². The number of fused-ring (bicyclic) bond motifs is 1. The lowest BCUT2D eigenvalue weighted by Crippen LogP contribution is -2.14. The Morgan fingerprint density at radius 2 is 1.58 bits per heavy atom. The minimum Gasteiger partial charge on any atom is -0.507 e. The zero-order chi connectivity index (χ0) is 16.4. The highest BCUT2D eigenvalue weighted by molar-refractivity contribution is 7.77. The molecule has 24 heavy (non-hydrogen) atoms. The molecule has 118 valence electrons. The Labute approximate surface area is 143 Å². The Kier molecular flexibility index (Phi) is 4.19. The van der Waals surface area contributed by atoms with E-state index in [0.717, 1.165) is 23.6 Å². The van der Waals surface area contributed by atoms with E-state index in [1.165, 1.54) is 15.9 Å². The summed E-state index contributed by atoms with van der Waals surface area (Å²) in [6.07, 6.45) is 9.09. The van der Waals surface area contributed by atoms with Crippen LogP contribution in [-0.2, 0) is 0 Å². The molecular formula is C22H19OP. The van der Waals surface area contributed by atoms with Crippen LogP contribution in [-0.4, -0.2) is 5.11 Å². The first-order valence-electron chi connectivity index (χ1n) is 8.27. The van der Waals surface area contributed by atoms with Crippen molar-refractivity contribution in [2.24, 2.45) is 0 Å². The van der Waals surface area contributed by atoms with Gasteiger partial charge >= 0.3 is 0 Å². The molecule has 2 heteroatoms. The maximum absolute atomic E-state index is 10.5. The fourth-order valence-corrected chi connectivity index (χ4v) is 5.85. The summed E-state index contributed by atoms with van der Waals surface area (Å²) in [5.74, 6) is 0.368. The lowest BCUT2D eigenvalue weighted by molar-refractivity contribution is 0.482. The first-order valence-corrected chi connectivity index (χ1v) is 9.61. The molecule has 1 nitrogen and oxygen atoms in total. The van der Waals surface area contributed by atoms with Crippen LogP contribution in [0.5, 0.6) is 5.75 Å². The molecule has 0 bridgehead atoms. The van der Waals surface area contributed by atoms with E-state index < -0.39 is 7.92 Å². The zero-order valence-corrected chi connectivity index (χ0v) is 14.3. The highest BCUT2D eigenvalue weighted by atomic mass is 31.1. The van der Waals surface area contributed by atoms with Crippen molar-refractivity contribution >= 4 is 29.3 Å². The second-order valence-electron chi connectivity index (χ2n) is 5.93. The van der Waals surface area contributed by atoms with Gasteiger partial charge in [-0.05, 0) is 48.1 Å². The van der Waals surface area contributed by atoms with E-state index in [2.05, 4.69) is 72.8 Å². The van der Waals surface area contributed by atoms with Crippen LogP contribution in [0, 0.1) is 0 Å². The summed E-state index contributed by atoms with van der Waals surface area (Å²) >= 11 is 0. The van der Waals surface area contributed by atoms with Crippen LogP contribution >= 0.6 is 7.92 Å². The van der Waals surface area contributed by atoms with E-state index >= 15 is 0 Å². The normalized spacial score (nSPS) is 15.2. The van der Waals surface area contributed by atoms with Crippen molar-refractivity contribution < 1.29 is 5.11 Å². The summed E-state index contributed by atoms with van der Waals surface area (Å²) in [6.45, 7) is 0. The van der Waals surface area contributed by atoms with E-state index in [0.29, 0.717) is 5.75 Å². The topological polar surface area (TPSA) is 20.2 Å². The van der Waals surface area contributed by atoms with E-state index in [1.807, 2.05) is 6.07 Å². The van der Waals surface area contributed by atoms with Crippen molar-refractivity contribution in [2.45, 2.75) is 12.8 Å². The SMILES string of the molecule is Oc1cccc2cccc(P(C3=CCCC=C3)c3ccccc3)c12. The van der Waals surface area contributed by atoms with Gasteiger partial charge in [0.05, 0.1) is 0 Å². The summed E-state index contributed by atoms with van der Waals surface area (Å²) in [6, 6.07) is 22.8. The number of benzene rings is 3. The van der Waals surface area contributed by atoms with Crippen molar-refractivity contribution in [1.82, 2.24) is 0 Å². The van der Waals surface area contributed by atoms with Crippen LogP contribution in [0.25, 0.3) is 10.8 Å². The third kappa shape index (κ3) is 2.77. The third-order valence-electron chi connectivity index (χ3n) is 4.35. The van der Waals surface area contributed by atoms with Crippen LogP contribution in [0.1, 0.15) is 12.8 Å². The van der Waals surface area contributed by atoms with Gasteiger partial charge in [0.15, 0.2) is 0 Å². The average molecular weight is 330 g/mol. The fourth-order valence-electron chi connectivity index (χ4n) is 3.26. The number of aromatic hydroxyl groups is 1. The second kappa shape index (κ2) is 6.63. The summed E-state index contributed by atoms with van der Waals surface area (Å²) in [5.41, 5.74) is 0. The molecule has 0 saturated carbocycles. The summed E-state index contributed by atoms with van der Waals surface area (Å²) < 4.78 is 0. The first kappa shape index (κ1) is 15.2. The van der Waals surface area contributed by atoms with Crippen LogP contribution in [0.15, 0.2) is 90.3 Å². The maximum atomic E-state index is 10.5. The first-order chi connectivity index (χ1) is 11.8. The van der Waals surface area contributed by atoms with Gasteiger partial charge in [-0.15, -0.1) is 0 Å². The number of hydrogen-bond acceptors (Lipinski definition) is 1. The molecule has 1 unspecified atom stereocenters. The molecule has 0 fully saturated rings. The van der Waals surface area contributed by atoms with Crippen LogP contribution in [0.3, 0.4) is 0 Å². The van der Waals surface area contributed by atoms with Crippen molar-refractivity contribution in [1.29, 1.82) is 0 Å².